The third kappa shape index (κ3) is 2.44. The Kier molecular flexibility index (Phi) is 3.71. The largest absolute Gasteiger partial charge is 0.336 e. The number of nitrogens with one attached hydrogen (secondary N) is 2. The fraction of sp³-hybridized carbons (Fsp3) is 0.444. The highest BCUT2D eigenvalue weighted by molar-refractivity contribution is 6.10. The Hall–Kier alpha value is -2.90. The first-order valence-corrected chi connectivity index (χ1v) is 8.75. The van der Waals surface area contributed by atoms with Crippen LogP contribution in [0.25, 0.3) is 0 Å². The molecule has 2 saturated heterocycles. The molecule has 8 heteroatoms. The standard InChI is InChI=1S/C18H20N4O4/c1-18(13-6-5-11-3-2-4-12(11)9-13)15(24)22(17(26)20-18)10-14(23)21-8-7-19-16(21)25/h5-6,9H,2-4,7-8,10H2,1H3,(H,19,25)(H,20,26)/t18-/m1/s1. The summed E-state index contributed by atoms with van der Waals surface area (Å²) < 4.78 is 0. The summed E-state index contributed by atoms with van der Waals surface area (Å²) in [6.45, 7) is 1.82. The SMILES string of the molecule is C[C@]1(c2ccc3c(c2)CCC3)NC(=O)N(CC(=O)N2CCNC2=O)C1=O. The average Bonchev–Trinajstić information content (AvgIpc) is 3.30. The van der Waals surface area contributed by atoms with Crippen molar-refractivity contribution in [2.24, 2.45) is 0 Å². The molecule has 6 amide bonds. The molecule has 0 saturated carbocycles. The maximum atomic E-state index is 12.9. The van der Waals surface area contributed by atoms with Gasteiger partial charge in [0.2, 0.25) is 0 Å². The Morgan fingerprint density at radius 2 is 1.92 bits per heavy atom. The summed E-state index contributed by atoms with van der Waals surface area (Å²) in [5.74, 6) is -1.05. The Morgan fingerprint density at radius 3 is 2.65 bits per heavy atom. The van der Waals surface area contributed by atoms with E-state index in [1.54, 1.807) is 6.92 Å². The molecule has 0 radical (unpaired) electrons. The third-order valence-corrected chi connectivity index (χ3v) is 5.40. The van der Waals surface area contributed by atoms with Crippen LogP contribution in [-0.4, -0.2) is 53.3 Å². The molecule has 3 aliphatic rings. The molecule has 2 aliphatic heterocycles. The second kappa shape index (κ2) is 5.82. The Labute approximate surface area is 150 Å². The molecule has 0 bridgehead atoms. The molecule has 0 spiro atoms. The second-order valence-corrected chi connectivity index (χ2v) is 7.06. The van der Waals surface area contributed by atoms with Gasteiger partial charge in [-0.1, -0.05) is 18.2 Å². The molecule has 8 nitrogen and oxygen atoms in total. The number of hydrogen-bond acceptors (Lipinski definition) is 4. The molecule has 2 fully saturated rings. The molecule has 1 aliphatic carbocycles. The molecule has 1 aromatic carbocycles. The van der Waals surface area contributed by atoms with Gasteiger partial charge in [0.25, 0.3) is 11.8 Å². The highest BCUT2D eigenvalue weighted by Crippen LogP contribution is 2.32. The van der Waals surface area contributed by atoms with Gasteiger partial charge < -0.3 is 10.6 Å². The van der Waals surface area contributed by atoms with Crippen LogP contribution < -0.4 is 10.6 Å². The minimum absolute atomic E-state index is 0.239. The Morgan fingerprint density at radius 1 is 1.15 bits per heavy atom. The minimum Gasteiger partial charge on any atom is -0.336 e. The number of benzene rings is 1. The molecule has 26 heavy (non-hydrogen) atoms. The van der Waals surface area contributed by atoms with Crippen LogP contribution in [0.5, 0.6) is 0 Å². The lowest BCUT2D eigenvalue weighted by molar-refractivity contribution is -0.137. The summed E-state index contributed by atoms with van der Waals surface area (Å²) in [6, 6.07) is 4.72. The predicted octanol–water partition coefficient (Wildman–Crippen LogP) is 0.494. The van der Waals surface area contributed by atoms with E-state index in [1.807, 2.05) is 18.2 Å². The molecule has 2 heterocycles. The lowest BCUT2D eigenvalue weighted by atomic mass is 9.89. The summed E-state index contributed by atoms with van der Waals surface area (Å²) in [5, 5.41) is 5.24. The monoisotopic (exact) mass is 356 g/mol. The fourth-order valence-corrected chi connectivity index (χ4v) is 3.85. The van der Waals surface area contributed by atoms with E-state index in [2.05, 4.69) is 10.6 Å². The Bertz CT molecular complexity index is 836. The zero-order chi connectivity index (χ0) is 18.5. The quantitative estimate of drug-likeness (QED) is 0.770. The lowest BCUT2D eigenvalue weighted by Crippen LogP contribution is -2.45. The van der Waals surface area contributed by atoms with Gasteiger partial charge in [-0.2, -0.15) is 0 Å². The van der Waals surface area contributed by atoms with E-state index < -0.39 is 36.0 Å². The van der Waals surface area contributed by atoms with Gasteiger partial charge >= 0.3 is 12.1 Å². The number of imide groups is 2. The van der Waals surface area contributed by atoms with Gasteiger partial charge in [-0.15, -0.1) is 0 Å². The zero-order valence-corrected chi connectivity index (χ0v) is 14.5. The molecule has 2 N–H and O–H groups in total. The molecular weight excluding hydrogens is 336 g/mol. The molecule has 1 atom stereocenters. The molecule has 4 rings (SSSR count). The van der Waals surface area contributed by atoms with E-state index in [0.717, 1.165) is 29.1 Å². The van der Waals surface area contributed by atoms with Gasteiger partial charge in [0.1, 0.15) is 12.1 Å². The van der Waals surface area contributed by atoms with E-state index in [9.17, 15) is 19.2 Å². The van der Waals surface area contributed by atoms with Gasteiger partial charge in [-0.3, -0.25) is 19.4 Å². The van der Waals surface area contributed by atoms with Crippen molar-refractivity contribution in [1.82, 2.24) is 20.4 Å². The maximum Gasteiger partial charge on any atom is 0.325 e. The highest BCUT2D eigenvalue weighted by atomic mass is 16.2. The highest BCUT2D eigenvalue weighted by Gasteiger charge is 2.50. The van der Waals surface area contributed by atoms with E-state index in [1.165, 1.54) is 11.1 Å². The van der Waals surface area contributed by atoms with Crippen LogP contribution >= 0.6 is 0 Å². The number of fused-ring (bicyclic) bond motifs is 1. The predicted molar refractivity (Wildman–Crippen MR) is 91.2 cm³/mol. The van der Waals surface area contributed by atoms with Crippen molar-refractivity contribution in [1.29, 1.82) is 0 Å². The van der Waals surface area contributed by atoms with Crippen molar-refractivity contribution in [3.63, 3.8) is 0 Å². The van der Waals surface area contributed by atoms with Gasteiger partial charge in [-0.25, -0.2) is 9.59 Å². The van der Waals surface area contributed by atoms with Crippen LogP contribution in [0.4, 0.5) is 9.59 Å². The number of rotatable bonds is 3. The topological polar surface area (TPSA) is 98.8 Å². The average molecular weight is 356 g/mol. The first-order valence-electron chi connectivity index (χ1n) is 8.75. The number of amides is 6. The number of hydrogen-bond donors (Lipinski definition) is 2. The van der Waals surface area contributed by atoms with Gasteiger partial charge in [0.15, 0.2) is 0 Å². The number of carbonyl (C=O) groups excluding carboxylic acids is 4. The van der Waals surface area contributed by atoms with Crippen molar-refractivity contribution >= 4 is 23.9 Å². The molecule has 0 unspecified atom stereocenters. The number of urea groups is 2. The van der Waals surface area contributed by atoms with Crippen molar-refractivity contribution < 1.29 is 19.2 Å². The molecular formula is C18H20N4O4. The summed E-state index contributed by atoms with van der Waals surface area (Å²) in [6.07, 6.45) is 3.09. The van der Waals surface area contributed by atoms with Gasteiger partial charge in [-0.05, 0) is 42.9 Å². The molecule has 136 valence electrons. The normalized spacial score (nSPS) is 24.7. The third-order valence-electron chi connectivity index (χ3n) is 5.40. The van der Waals surface area contributed by atoms with Crippen molar-refractivity contribution in [3.8, 4) is 0 Å². The number of nitrogens with zero attached hydrogens (tertiary/aromatic N) is 2. The summed E-state index contributed by atoms with van der Waals surface area (Å²) in [4.78, 5) is 51.1. The van der Waals surface area contributed by atoms with Crippen LogP contribution in [-0.2, 0) is 28.0 Å². The van der Waals surface area contributed by atoms with E-state index in [0.29, 0.717) is 12.1 Å². The fourth-order valence-electron chi connectivity index (χ4n) is 3.85. The van der Waals surface area contributed by atoms with Crippen LogP contribution in [0.2, 0.25) is 0 Å². The van der Waals surface area contributed by atoms with Crippen LogP contribution in [0.1, 0.15) is 30.0 Å². The molecule has 1 aromatic rings. The van der Waals surface area contributed by atoms with E-state index in [4.69, 9.17) is 0 Å². The van der Waals surface area contributed by atoms with Crippen LogP contribution in [0, 0.1) is 0 Å². The zero-order valence-electron chi connectivity index (χ0n) is 14.5. The number of carbonyl (C=O) groups is 4. The number of aryl methyl sites for hydroxylation is 2. The summed E-state index contributed by atoms with van der Waals surface area (Å²) >= 11 is 0. The minimum atomic E-state index is -1.21. The van der Waals surface area contributed by atoms with Crippen molar-refractivity contribution in [3.05, 3.63) is 34.9 Å². The van der Waals surface area contributed by atoms with Gasteiger partial charge in [0.05, 0.1) is 0 Å². The first-order chi connectivity index (χ1) is 12.4. The Balaban J connectivity index is 1.56. The van der Waals surface area contributed by atoms with Gasteiger partial charge in [0, 0.05) is 13.1 Å². The van der Waals surface area contributed by atoms with Crippen LogP contribution in [0.15, 0.2) is 18.2 Å². The van der Waals surface area contributed by atoms with E-state index >= 15 is 0 Å². The molecule has 0 aromatic heterocycles. The maximum absolute atomic E-state index is 12.9. The van der Waals surface area contributed by atoms with Crippen molar-refractivity contribution in [2.75, 3.05) is 19.6 Å². The van der Waals surface area contributed by atoms with Crippen molar-refractivity contribution in [2.45, 2.75) is 31.7 Å². The summed E-state index contributed by atoms with van der Waals surface area (Å²) in [5.41, 5.74) is 1.99. The van der Waals surface area contributed by atoms with E-state index in [-0.39, 0.29) is 6.54 Å². The summed E-state index contributed by atoms with van der Waals surface area (Å²) in [7, 11) is 0. The smallest absolute Gasteiger partial charge is 0.325 e. The second-order valence-electron chi connectivity index (χ2n) is 7.06. The first kappa shape index (κ1) is 16.6. The van der Waals surface area contributed by atoms with Crippen LogP contribution in [0.3, 0.4) is 0 Å². The lowest BCUT2D eigenvalue weighted by Gasteiger charge is -2.23.